The summed E-state index contributed by atoms with van der Waals surface area (Å²) < 4.78 is 10.6. The zero-order valence-electron chi connectivity index (χ0n) is 12.6. The molecule has 0 saturated heterocycles. The zero-order valence-corrected chi connectivity index (χ0v) is 12.6. The minimum atomic E-state index is -0.314. The summed E-state index contributed by atoms with van der Waals surface area (Å²) in [5.41, 5.74) is 9.12. The van der Waals surface area contributed by atoms with Crippen molar-refractivity contribution in [1.29, 1.82) is 0 Å². The lowest BCUT2D eigenvalue weighted by Gasteiger charge is -2.09. The Morgan fingerprint density at radius 2 is 1.87 bits per heavy atom. The van der Waals surface area contributed by atoms with Crippen molar-refractivity contribution in [2.24, 2.45) is 5.11 Å². The summed E-state index contributed by atoms with van der Waals surface area (Å²) in [4.78, 5) is 14.8. The summed E-state index contributed by atoms with van der Waals surface area (Å²) in [5.74, 6) is 1.13. The van der Waals surface area contributed by atoms with Crippen LogP contribution < -0.4 is 14.8 Å². The number of carbonyl (C=O) groups is 1. The number of nitrogens with zero attached hydrogens (tertiary/aromatic N) is 3. The normalized spacial score (nSPS) is 9.61. The van der Waals surface area contributed by atoms with E-state index in [0.29, 0.717) is 30.2 Å². The van der Waals surface area contributed by atoms with Gasteiger partial charge in [-0.3, -0.25) is 4.79 Å². The topological polar surface area (TPSA) is 96.3 Å². The molecule has 23 heavy (non-hydrogen) atoms. The molecule has 118 valence electrons. The first-order valence-electron chi connectivity index (χ1n) is 6.94. The fraction of sp³-hybridized carbons (Fsp3) is 0.188. The highest BCUT2D eigenvalue weighted by Gasteiger charge is 2.09. The van der Waals surface area contributed by atoms with Gasteiger partial charge in [0, 0.05) is 10.5 Å². The molecule has 7 nitrogen and oxygen atoms in total. The number of ether oxygens (including phenoxy) is 2. The number of azide groups is 1. The highest BCUT2D eigenvalue weighted by molar-refractivity contribution is 5.98. The van der Waals surface area contributed by atoms with Gasteiger partial charge < -0.3 is 14.8 Å². The standard InChI is InChI=1S/C16H16N4O3/c1-22-12-6-8-13(9-7-12)23-11-10-18-16(21)14-4-2-3-5-15(14)19-20-17/h2-9H,10-11H2,1H3,(H,18,21). The van der Waals surface area contributed by atoms with Gasteiger partial charge in [0.2, 0.25) is 0 Å². The summed E-state index contributed by atoms with van der Waals surface area (Å²) in [6.45, 7) is 0.650. The largest absolute Gasteiger partial charge is 0.497 e. The number of rotatable bonds is 7. The van der Waals surface area contributed by atoms with Crippen LogP contribution >= 0.6 is 0 Å². The summed E-state index contributed by atoms with van der Waals surface area (Å²) in [7, 11) is 1.60. The number of nitrogens with one attached hydrogen (secondary N) is 1. The molecule has 2 rings (SSSR count). The SMILES string of the molecule is COc1ccc(OCCNC(=O)c2ccccc2N=[N+]=[N-])cc1. The molecule has 0 radical (unpaired) electrons. The van der Waals surface area contributed by atoms with E-state index in [1.54, 1.807) is 55.6 Å². The van der Waals surface area contributed by atoms with Crippen LogP contribution in [0.15, 0.2) is 53.6 Å². The van der Waals surface area contributed by atoms with Crippen LogP contribution in [0.3, 0.4) is 0 Å². The number of carbonyl (C=O) groups excluding carboxylic acids is 1. The Balaban J connectivity index is 1.84. The minimum Gasteiger partial charge on any atom is -0.497 e. The summed E-state index contributed by atoms with van der Waals surface area (Å²) in [6, 6.07) is 13.8. The first-order chi connectivity index (χ1) is 11.2. The van der Waals surface area contributed by atoms with Crippen molar-refractivity contribution in [1.82, 2.24) is 5.32 Å². The minimum absolute atomic E-state index is 0.295. The third-order valence-corrected chi connectivity index (χ3v) is 3.02. The maximum atomic E-state index is 12.1. The smallest absolute Gasteiger partial charge is 0.251 e. The van der Waals surface area contributed by atoms with E-state index in [-0.39, 0.29) is 5.91 Å². The molecule has 0 aliphatic rings. The van der Waals surface area contributed by atoms with Crippen LogP contribution in [0.5, 0.6) is 11.5 Å². The average molecular weight is 312 g/mol. The number of amides is 1. The second-order valence-electron chi connectivity index (χ2n) is 4.49. The Kier molecular flexibility index (Phi) is 5.85. The Hall–Kier alpha value is -3.18. The maximum absolute atomic E-state index is 12.1. The molecule has 2 aromatic carbocycles. The van der Waals surface area contributed by atoms with E-state index in [9.17, 15) is 4.79 Å². The fourth-order valence-electron chi connectivity index (χ4n) is 1.90. The molecule has 2 aromatic rings. The van der Waals surface area contributed by atoms with Gasteiger partial charge in [-0.1, -0.05) is 23.3 Å². The predicted octanol–water partition coefficient (Wildman–Crippen LogP) is 3.45. The van der Waals surface area contributed by atoms with Gasteiger partial charge in [-0.05, 0) is 35.9 Å². The lowest BCUT2D eigenvalue weighted by molar-refractivity contribution is 0.0947. The molecule has 0 spiro atoms. The van der Waals surface area contributed by atoms with Gasteiger partial charge >= 0.3 is 0 Å². The van der Waals surface area contributed by atoms with Crippen LogP contribution in [0, 0.1) is 0 Å². The lowest BCUT2D eigenvalue weighted by atomic mass is 10.1. The van der Waals surface area contributed by atoms with Crippen molar-refractivity contribution < 1.29 is 14.3 Å². The van der Waals surface area contributed by atoms with E-state index in [2.05, 4.69) is 15.3 Å². The molecule has 1 N–H and O–H groups in total. The maximum Gasteiger partial charge on any atom is 0.251 e. The van der Waals surface area contributed by atoms with Gasteiger partial charge in [0.15, 0.2) is 0 Å². The van der Waals surface area contributed by atoms with Crippen LogP contribution in [-0.4, -0.2) is 26.2 Å². The van der Waals surface area contributed by atoms with E-state index in [1.807, 2.05) is 0 Å². The van der Waals surface area contributed by atoms with Gasteiger partial charge in [-0.15, -0.1) is 0 Å². The van der Waals surface area contributed by atoms with E-state index in [4.69, 9.17) is 15.0 Å². The number of hydrogen-bond donors (Lipinski definition) is 1. The van der Waals surface area contributed by atoms with Gasteiger partial charge in [-0.2, -0.15) is 0 Å². The number of benzene rings is 2. The Labute approximate surface area is 133 Å². The molecule has 0 aromatic heterocycles. The summed E-state index contributed by atoms with van der Waals surface area (Å²) in [6.07, 6.45) is 0. The quantitative estimate of drug-likeness (QED) is 0.367. The van der Waals surface area contributed by atoms with Gasteiger partial charge in [0.1, 0.15) is 18.1 Å². The molecule has 0 bridgehead atoms. The Morgan fingerprint density at radius 3 is 2.57 bits per heavy atom. The third kappa shape index (κ3) is 4.66. The molecule has 0 atom stereocenters. The first kappa shape index (κ1) is 16.2. The van der Waals surface area contributed by atoms with Crippen LogP contribution in [0.1, 0.15) is 10.4 Å². The van der Waals surface area contributed by atoms with Crippen LogP contribution in [-0.2, 0) is 0 Å². The molecule has 0 fully saturated rings. The number of hydrogen-bond acceptors (Lipinski definition) is 4. The molecule has 7 heteroatoms. The molecule has 0 unspecified atom stereocenters. The van der Waals surface area contributed by atoms with Crippen molar-refractivity contribution in [2.45, 2.75) is 0 Å². The van der Waals surface area contributed by atoms with Crippen LogP contribution in [0.4, 0.5) is 5.69 Å². The Morgan fingerprint density at radius 1 is 1.17 bits per heavy atom. The number of methoxy groups -OCH3 is 1. The average Bonchev–Trinajstić information content (AvgIpc) is 2.60. The molecular formula is C16H16N4O3. The highest BCUT2D eigenvalue weighted by atomic mass is 16.5. The fourth-order valence-corrected chi connectivity index (χ4v) is 1.90. The van der Waals surface area contributed by atoms with Crippen molar-refractivity contribution in [3.05, 3.63) is 64.5 Å². The van der Waals surface area contributed by atoms with Gasteiger partial charge in [0.25, 0.3) is 5.91 Å². The monoisotopic (exact) mass is 312 g/mol. The van der Waals surface area contributed by atoms with Crippen molar-refractivity contribution in [3.8, 4) is 11.5 Å². The predicted molar refractivity (Wildman–Crippen MR) is 86.1 cm³/mol. The zero-order chi connectivity index (χ0) is 16.5. The van der Waals surface area contributed by atoms with Gasteiger partial charge in [-0.25, -0.2) is 0 Å². The van der Waals surface area contributed by atoms with Crippen molar-refractivity contribution in [2.75, 3.05) is 20.3 Å². The summed E-state index contributed by atoms with van der Waals surface area (Å²) >= 11 is 0. The summed E-state index contributed by atoms with van der Waals surface area (Å²) in [5, 5.41) is 6.22. The van der Waals surface area contributed by atoms with Gasteiger partial charge in [0.05, 0.1) is 19.3 Å². The van der Waals surface area contributed by atoms with E-state index in [1.165, 1.54) is 0 Å². The molecule has 0 aliphatic heterocycles. The molecule has 1 amide bonds. The van der Waals surface area contributed by atoms with E-state index >= 15 is 0 Å². The third-order valence-electron chi connectivity index (χ3n) is 3.02. The molecule has 0 aliphatic carbocycles. The van der Waals surface area contributed by atoms with Crippen LogP contribution in [0.2, 0.25) is 0 Å². The molecular weight excluding hydrogens is 296 g/mol. The molecule has 0 heterocycles. The van der Waals surface area contributed by atoms with Crippen molar-refractivity contribution in [3.63, 3.8) is 0 Å². The second-order valence-corrected chi connectivity index (χ2v) is 4.49. The molecule has 0 saturated carbocycles. The highest BCUT2D eigenvalue weighted by Crippen LogP contribution is 2.19. The van der Waals surface area contributed by atoms with E-state index in [0.717, 1.165) is 5.75 Å². The van der Waals surface area contributed by atoms with Crippen LogP contribution in [0.25, 0.3) is 10.4 Å². The Bertz CT molecular complexity index is 710. The first-order valence-corrected chi connectivity index (χ1v) is 6.94. The van der Waals surface area contributed by atoms with Crippen molar-refractivity contribution >= 4 is 11.6 Å². The van der Waals surface area contributed by atoms with E-state index < -0.39 is 0 Å². The lowest BCUT2D eigenvalue weighted by Crippen LogP contribution is -2.28. The second kappa shape index (κ2) is 8.31.